The van der Waals surface area contributed by atoms with E-state index in [4.69, 9.17) is 0 Å². The fourth-order valence-corrected chi connectivity index (χ4v) is 2.76. The maximum Gasteiger partial charge on any atom is 0.350 e. The van der Waals surface area contributed by atoms with Crippen LogP contribution in [0.25, 0.3) is 5.65 Å². The molecule has 2 rings (SSSR count). The largest absolute Gasteiger partial charge is 0.388 e. The molecule has 2 aromatic heterocycles. The second kappa shape index (κ2) is 7.41. The number of carbonyl (C=O) groups excluding carboxylic acids is 1. The first-order chi connectivity index (χ1) is 11.0. The average Bonchev–Trinajstić information content (AvgIpc) is 2.83. The van der Waals surface area contributed by atoms with Crippen molar-refractivity contribution in [1.82, 2.24) is 19.5 Å². The number of hydrogen-bond donors (Lipinski definition) is 2. The number of carbonyl (C=O) groups is 1. The van der Waals surface area contributed by atoms with Crippen molar-refractivity contribution in [3.05, 3.63) is 34.9 Å². The van der Waals surface area contributed by atoms with Crippen molar-refractivity contribution < 1.29 is 9.90 Å². The normalized spacial score (nSPS) is 11.8. The Balaban J connectivity index is 2.01. The molecule has 2 heterocycles. The molecule has 2 aromatic rings. The highest BCUT2D eigenvalue weighted by Gasteiger charge is 2.25. The highest BCUT2D eigenvalue weighted by Crippen LogP contribution is 2.18. The third-order valence-electron chi connectivity index (χ3n) is 3.83. The standard InChI is InChI=1S/C16H24N4O3/c1-3-8-16(23,9-4-2)12-17-14(21)11-20-15(22)19-10-6-5-7-13(19)18-20/h5-7,10,23H,3-4,8-9,11-12H2,1-2H3,(H,17,21). The SMILES string of the molecule is CCCC(O)(CCC)CNC(=O)Cn1nc2ccccn2c1=O. The van der Waals surface area contributed by atoms with E-state index in [1.165, 1.54) is 4.40 Å². The number of aliphatic hydroxyl groups is 1. The van der Waals surface area contributed by atoms with Gasteiger partial charge in [-0.25, -0.2) is 9.48 Å². The molecular weight excluding hydrogens is 296 g/mol. The number of amides is 1. The fraction of sp³-hybridized carbons (Fsp3) is 0.562. The molecular formula is C16H24N4O3. The Morgan fingerprint density at radius 3 is 2.61 bits per heavy atom. The van der Waals surface area contributed by atoms with E-state index < -0.39 is 5.60 Å². The average molecular weight is 320 g/mol. The number of aromatic nitrogens is 3. The molecule has 7 heteroatoms. The monoisotopic (exact) mass is 320 g/mol. The van der Waals surface area contributed by atoms with E-state index >= 15 is 0 Å². The van der Waals surface area contributed by atoms with Gasteiger partial charge in [-0.2, -0.15) is 0 Å². The summed E-state index contributed by atoms with van der Waals surface area (Å²) < 4.78 is 2.52. The van der Waals surface area contributed by atoms with E-state index in [0.29, 0.717) is 18.5 Å². The summed E-state index contributed by atoms with van der Waals surface area (Å²) in [5.74, 6) is -0.332. The maximum absolute atomic E-state index is 12.1. The lowest BCUT2D eigenvalue weighted by Crippen LogP contribution is -2.44. The smallest absolute Gasteiger partial charge is 0.350 e. The Morgan fingerprint density at radius 2 is 2.00 bits per heavy atom. The zero-order valence-electron chi connectivity index (χ0n) is 13.7. The van der Waals surface area contributed by atoms with Gasteiger partial charge in [-0.15, -0.1) is 5.10 Å². The van der Waals surface area contributed by atoms with Crippen molar-refractivity contribution in [2.75, 3.05) is 6.54 Å². The van der Waals surface area contributed by atoms with Crippen molar-refractivity contribution >= 4 is 11.6 Å². The topological polar surface area (TPSA) is 88.6 Å². The van der Waals surface area contributed by atoms with E-state index in [-0.39, 0.29) is 24.7 Å². The Labute approximate surface area is 134 Å². The van der Waals surface area contributed by atoms with Gasteiger partial charge in [0.15, 0.2) is 5.65 Å². The number of fused-ring (bicyclic) bond motifs is 1. The van der Waals surface area contributed by atoms with Crippen molar-refractivity contribution in [3.8, 4) is 0 Å². The van der Waals surface area contributed by atoms with Crippen molar-refractivity contribution in [3.63, 3.8) is 0 Å². The van der Waals surface area contributed by atoms with Crippen molar-refractivity contribution in [1.29, 1.82) is 0 Å². The van der Waals surface area contributed by atoms with Crippen LogP contribution in [0, 0.1) is 0 Å². The van der Waals surface area contributed by atoms with Gasteiger partial charge in [0.05, 0.1) is 5.60 Å². The van der Waals surface area contributed by atoms with Crippen LogP contribution in [0.1, 0.15) is 39.5 Å². The molecule has 0 atom stereocenters. The Kier molecular flexibility index (Phi) is 5.54. The van der Waals surface area contributed by atoms with Crippen LogP contribution in [0.4, 0.5) is 0 Å². The molecule has 0 bridgehead atoms. The highest BCUT2D eigenvalue weighted by atomic mass is 16.3. The quantitative estimate of drug-likeness (QED) is 0.758. The summed E-state index contributed by atoms with van der Waals surface area (Å²) in [4.78, 5) is 24.2. The lowest BCUT2D eigenvalue weighted by molar-refractivity contribution is -0.123. The van der Waals surface area contributed by atoms with Gasteiger partial charge < -0.3 is 10.4 Å². The number of nitrogens with one attached hydrogen (secondary N) is 1. The second-order valence-electron chi connectivity index (χ2n) is 5.87. The Morgan fingerprint density at radius 1 is 1.30 bits per heavy atom. The van der Waals surface area contributed by atoms with Crippen LogP contribution < -0.4 is 11.0 Å². The van der Waals surface area contributed by atoms with Crippen LogP contribution in [0.2, 0.25) is 0 Å². The molecule has 0 spiro atoms. The molecule has 126 valence electrons. The molecule has 1 amide bonds. The minimum atomic E-state index is -0.886. The number of rotatable bonds is 8. The first-order valence-electron chi connectivity index (χ1n) is 8.02. The number of hydrogen-bond acceptors (Lipinski definition) is 4. The van der Waals surface area contributed by atoms with Gasteiger partial charge in [-0.05, 0) is 25.0 Å². The molecule has 0 aromatic carbocycles. The molecule has 0 aliphatic carbocycles. The lowest BCUT2D eigenvalue weighted by Gasteiger charge is -2.27. The maximum atomic E-state index is 12.1. The molecule has 2 N–H and O–H groups in total. The summed E-state index contributed by atoms with van der Waals surface area (Å²) >= 11 is 0. The first kappa shape index (κ1) is 17.2. The highest BCUT2D eigenvalue weighted by molar-refractivity contribution is 5.75. The first-order valence-corrected chi connectivity index (χ1v) is 8.02. The van der Waals surface area contributed by atoms with Gasteiger partial charge in [0.25, 0.3) is 0 Å². The van der Waals surface area contributed by atoms with Gasteiger partial charge in [-0.3, -0.25) is 9.20 Å². The molecule has 0 unspecified atom stereocenters. The van der Waals surface area contributed by atoms with Gasteiger partial charge >= 0.3 is 5.69 Å². The molecule has 0 aliphatic heterocycles. The van der Waals surface area contributed by atoms with Crippen molar-refractivity contribution in [2.45, 2.75) is 51.7 Å². The second-order valence-corrected chi connectivity index (χ2v) is 5.87. The van der Waals surface area contributed by atoms with E-state index in [1.54, 1.807) is 24.4 Å². The van der Waals surface area contributed by atoms with E-state index in [1.807, 2.05) is 13.8 Å². The summed E-state index contributed by atoms with van der Waals surface area (Å²) in [6, 6.07) is 5.22. The number of pyridine rings is 1. The summed E-state index contributed by atoms with van der Waals surface area (Å²) in [7, 11) is 0. The third kappa shape index (κ3) is 4.19. The summed E-state index contributed by atoms with van der Waals surface area (Å²) in [6.07, 6.45) is 4.57. The van der Waals surface area contributed by atoms with Crippen LogP contribution in [0.3, 0.4) is 0 Å². The molecule has 0 radical (unpaired) electrons. The van der Waals surface area contributed by atoms with Gasteiger partial charge in [0.2, 0.25) is 5.91 Å². The molecule has 0 saturated carbocycles. The van der Waals surface area contributed by atoms with Crippen LogP contribution in [-0.2, 0) is 11.3 Å². The summed E-state index contributed by atoms with van der Waals surface area (Å²) in [6.45, 7) is 4.03. The van der Waals surface area contributed by atoms with Crippen LogP contribution in [0.15, 0.2) is 29.2 Å². The molecule has 0 saturated heterocycles. The predicted molar refractivity (Wildman–Crippen MR) is 87.2 cm³/mol. The summed E-state index contributed by atoms with van der Waals surface area (Å²) in [5.41, 5.74) is -0.741. The summed E-state index contributed by atoms with van der Waals surface area (Å²) in [5, 5.41) is 17.3. The zero-order chi connectivity index (χ0) is 16.9. The predicted octanol–water partition coefficient (Wildman–Crippen LogP) is 0.943. The van der Waals surface area contributed by atoms with E-state index in [0.717, 1.165) is 17.5 Å². The lowest BCUT2D eigenvalue weighted by atomic mass is 9.92. The third-order valence-corrected chi connectivity index (χ3v) is 3.83. The fourth-order valence-electron chi connectivity index (χ4n) is 2.76. The minimum Gasteiger partial charge on any atom is -0.388 e. The molecule has 7 nitrogen and oxygen atoms in total. The van der Waals surface area contributed by atoms with Gasteiger partial charge in [0.1, 0.15) is 6.54 Å². The van der Waals surface area contributed by atoms with Crippen LogP contribution >= 0.6 is 0 Å². The van der Waals surface area contributed by atoms with Crippen LogP contribution in [0.5, 0.6) is 0 Å². The Bertz CT molecular complexity index is 713. The number of nitrogens with zero attached hydrogens (tertiary/aromatic N) is 3. The zero-order valence-corrected chi connectivity index (χ0v) is 13.7. The van der Waals surface area contributed by atoms with E-state index in [9.17, 15) is 14.7 Å². The molecule has 0 fully saturated rings. The molecule has 0 aliphatic rings. The van der Waals surface area contributed by atoms with Crippen molar-refractivity contribution in [2.24, 2.45) is 0 Å². The Hall–Kier alpha value is -2.15. The van der Waals surface area contributed by atoms with Gasteiger partial charge in [-0.1, -0.05) is 32.8 Å². The molecule has 23 heavy (non-hydrogen) atoms. The van der Waals surface area contributed by atoms with Gasteiger partial charge in [0, 0.05) is 12.7 Å². The van der Waals surface area contributed by atoms with Crippen LogP contribution in [-0.4, -0.2) is 37.3 Å². The van der Waals surface area contributed by atoms with E-state index in [2.05, 4.69) is 10.4 Å². The minimum absolute atomic E-state index is 0.158.